The van der Waals surface area contributed by atoms with Crippen molar-refractivity contribution in [3.05, 3.63) is 118 Å². The second-order valence-corrected chi connectivity index (χ2v) is 14.2. The van der Waals surface area contributed by atoms with E-state index >= 15 is 17.6 Å². The predicted molar refractivity (Wildman–Crippen MR) is 208 cm³/mol. The fourth-order valence-electron chi connectivity index (χ4n) is 6.57. The summed E-state index contributed by atoms with van der Waals surface area (Å²) < 4.78 is 61.4. The minimum Gasteiger partial charge on any atom is -0.324 e. The lowest BCUT2D eigenvalue weighted by Crippen LogP contribution is -2.08. The number of allylic oxidation sites excluding steroid dienone is 16. The summed E-state index contributed by atoms with van der Waals surface area (Å²) >= 11 is 0. The van der Waals surface area contributed by atoms with Gasteiger partial charge in [-0.05, 0) is 76.3 Å². The van der Waals surface area contributed by atoms with Gasteiger partial charge in [0.1, 0.15) is 45.3 Å². The van der Waals surface area contributed by atoms with Gasteiger partial charge in [-0.15, -0.1) is 0 Å². The lowest BCUT2D eigenvalue weighted by Gasteiger charge is -2.07. The molecule has 0 fully saturated rings. The van der Waals surface area contributed by atoms with Crippen LogP contribution in [-0.4, -0.2) is 62.5 Å². The number of H-pyrrole nitrogens is 2. The summed E-state index contributed by atoms with van der Waals surface area (Å²) in [5, 5.41) is 0. The highest BCUT2D eigenvalue weighted by Crippen LogP contribution is 2.39. The first-order valence-corrected chi connectivity index (χ1v) is 17.7. The number of nitrogens with zero attached hydrogens (tertiary/aromatic N) is 6. The van der Waals surface area contributed by atoms with Crippen LogP contribution in [0.2, 0.25) is 0 Å². The maximum absolute atomic E-state index is 15.3. The molecule has 8 bridgehead atoms. The minimum atomic E-state index is -1.76. The van der Waals surface area contributed by atoms with Gasteiger partial charge >= 0.3 is 0 Å². The highest BCUT2D eigenvalue weighted by molar-refractivity contribution is 6.02. The number of halogens is 4. The number of aromatic nitrogens is 8. The van der Waals surface area contributed by atoms with Gasteiger partial charge in [0.2, 0.25) is 0 Å². The van der Waals surface area contributed by atoms with Gasteiger partial charge in [0.25, 0.3) is 0 Å². The van der Waals surface area contributed by atoms with E-state index in [2.05, 4.69) is 9.97 Å². The zero-order chi connectivity index (χ0) is 38.2. The van der Waals surface area contributed by atoms with Crippen molar-refractivity contribution in [2.45, 2.75) is 64.2 Å². The van der Waals surface area contributed by atoms with Crippen molar-refractivity contribution in [3.8, 4) is 0 Å². The predicted octanol–water partition coefficient (Wildman–Crippen LogP) is 9.99. The van der Waals surface area contributed by atoms with E-state index in [4.69, 9.17) is 29.9 Å². The lowest BCUT2D eigenvalue weighted by molar-refractivity contribution is 0.328. The van der Waals surface area contributed by atoms with Crippen LogP contribution in [0.5, 0.6) is 0 Å². The summed E-state index contributed by atoms with van der Waals surface area (Å²) in [4.78, 5) is 35.9. The molecule has 0 spiro atoms. The van der Waals surface area contributed by atoms with Crippen LogP contribution < -0.4 is 0 Å². The first kappa shape index (κ1) is 35.0. The number of hydrogen-bond donors (Lipinski definition) is 2. The molecule has 0 saturated carbocycles. The SMILES string of the molecule is CC.CC1(F)C=CC2=C(C=C1)c1nc2nc2[nH]c(nc3nc(nc4[nH]c(n1)c1c4C=CC(C)(F)C=C1)C1=C3C=CC(C)(F)C=C1)c1c2C=CC(C)(F)C=C1. The van der Waals surface area contributed by atoms with E-state index < -0.39 is 22.7 Å². The first-order valence-electron chi connectivity index (χ1n) is 17.7. The molecule has 0 atom stereocenters. The van der Waals surface area contributed by atoms with Gasteiger partial charge < -0.3 is 9.97 Å². The number of fused-ring (bicyclic) bond motifs is 18. The third-order valence-electron chi connectivity index (χ3n) is 9.52. The summed E-state index contributed by atoms with van der Waals surface area (Å²) in [5.41, 5.74) is -1.55. The molecule has 4 aliphatic carbocycles. The van der Waals surface area contributed by atoms with Gasteiger partial charge in [0.05, 0.1) is 0 Å². The molecule has 0 unspecified atom stereocenters. The third-order valence-corrected chi connectivity index (χ3v) is 9.52. The van der Waals surface area contributed by atoms with Gasteiger partial charge in [-0.25, -0.2) is 47.5 Å². The second-order valence-electron chi connectivity index (χ2n) is 14.2. The van der Waals surface area contributed by atoms with Crippen LogP contribution in [-0.2, 0) is 0 Å². The Morgan fingerprint density at radius 3 is 0.778 bits per heavy atom. The molecular formula is C42H36F4N8. The minimum absolute atomic E-state index is 0.229. The van der Waals surface area contributed by atoms with Crippen LogP contribution in [0.1, 0.15) is 87.1 Å². The van der Waals surface area contributed by atoms with Gasteiger partial charge in [-0.3, -0.25) is 0 Å². The van der Waals surface area contributed by atoms with Crippen molar-refractivity contribution in [2.24, 2.45) is 0 Å². The summed E-state index contributed by atoms with van der Waals surface area (Å²) in [7, 11) is 0. The fraction of sp³-hybridized carbons (Fsp3) is 0.238. The van der Waals surface area contributed by atoms with Crippen LogP contribution in [0.4, 0.5) is 17.6 Å². The molecule has 54 heavy (non-hydrogen) atoms. The molecular weight excluding hydrogens is 693 g/mol. The smallest absolute Gasteiger partial charge is 0.164 e. The van der Waals surface area contributed by atoms with E-state index in [1.807, 2.05) is 13.8 Å². The second kappa shape index (κ2) is 12.3. The molecule has 0 amide bonds. The molecule has 2 aliphatic heterocycles. The summed E-state index contributed by atoms with van der Waals surface area (Å²) in [6.07, 6.45) is 24.3. The van der Waals surface area contributed by atoms with Crippen LogP contribution >= 0.6 is 0 Å². The number of aromatic amines is 2. The van der Waals surface area contributed by atoms with Crippen LogP contribution in [0.3, 0.4) is 0 Å². The lowest BCUT2D eigenvalue weighted by atomic mass is 10.1. The Kier molecular flexibility index (Phi) is 7.95. The van der Waals surface area contributed by atoms with Crippen molar-refractivity contribution < 1.29 is 17.6 Å². The highest BCUT2D eigenvalue weighted by atomic mass is 19.2. The molecule has 5 heterocycles. The quantitative estimate of drug-likeness (QED) is 0.223. The van der Waals surface area contributed by atoms with E-state index in [9.17, 15) is 0 Å². The molecule has 0 saturated heterocycles. The van der Waals surface area contributed by atoms with Crippen molar-refractivity contribution in [2.75, 3.05) is 0 Å². The molecule has 9 rings (SSSR count). The highest BCUT2D eigenvalue weighted by Gasteiger charge is 2.29. The monoisotopic (exact) mass is 728 g/mol. The zero-order valence-corrected chi connectivity index (χ0v) is 30.4. The van der Waals surface area contributed by atoms with Gasteiger partial charge in [-0.2, -0.15) is 0 Å². The Morgan fingerprint density at radius 2 is 0.556 bits per heavy atom. The van der Waals surface area contributed by atoms with Crippen LogP contribution in [0.15, 0.2) is 72.9 Å². The topological polar surface area (TPSA) is 109 Å². The van der Waals surface area contributed by atoms with Gasteiger partial charge in [0, 0.05) is 44.5 Å². The Hall–Kier alpha value is -6.04. The average Bonchev–Trinajstić information content (AvgIpc) is 3.66. The van der Waals surface area contributed by atoms with Crippen molar-refractivity contribution in [1.82, 2.24) is 39.9 Å². The van der Waals surface area contributed by atoms with E-state index in [0.717, 1.165) is 0 Å². The molecule has 0 radical (unpaired) electrons. The number of nitrogens with one attached hydrogen (secondary N) is 2. The Balaban J connectivity index is 0.00000203. The van der Waals surface area contributed by atoms with Crippen LogP contribution in [0, 0.1) is 0 Å². The van der Waals surface area contributed by atoms with E-state index in [0.29, 0.717) is 67.1 Å². The largest absolute Gasteiger partial charge is 0.324 e. The molecule has 3 aromatic heterocycles. The molecule has 2 N–H and O–H groups in total. The molecule has 8 nitrogen and oxygen atoms in total. The van der Waals surface area contributed by atoms with E-state index in [1.54, 1.807) is 48.6 Å². The molecule has 6 aliphatic rings. The van der Waals surface area contributed by atoms with E-state index in [1.165, 1.54) is 76.3 Å². The normalized spacial score (nSPS) is 27.4. The molecule has 0 aromatic carbocycles. The standard InChI is InChI=1S/C40H30F4N8.C2H6/c1-37(41)13-5-21-22(6-14-37)30-45-29(21)49-31-23-7-15-38(2,42)17-9-25(23)33(46-31)51-35-27-11-19-40(4,44)20-12-28(27)36(48-35)52-34-26-10-18-39(3,43)16-8-24(26)32(47-34)50-30;1-2/h5-20H,1-4H3,(H2,45,46,47,48,49,50,51,52);1-2H3. The molecule has 3 aromatic rings. The number of alkyl halides is 4. The summed E-state index contributed by atoms with van der Waals surface area (Å²) in [6.45, 7) is 9.73. The summed E-state index contributed by atoms with van der Waals surface area (Å²) in [6, 6.07) is 0. The molecule has 272 valence electrons. The maximum atomic E-state index is 15.3. The molecule has 12 heteroatoms. The number of hydrogen-bond acceptors (Lipinski definition) is 6. The van der Waals surface area contributed by atoms with Gasteiger partial charge in [0.15, 0.2) is 23.3 Å². The Morgan fingerprint density at radius 1 is 0.352 bits per heavy atom. The Bertz CT molecular complexity index is 2290. The maximum Gasteiger partial charge on any atom is 0.164 e. The van der Waals surface area contributed by atoms with Crippen molar-refractivity contribution in [1.29, 1.82) is 0 Å². The first-order chi connectivity index (χ1) is 25.6. The van der Waals surface area contributed by atoms with E-state index in [-0.39, 0.29) is 23.3 Å². The van der Waals surface area contributed by atoms with Gasteiger partial charge in [-0.1, -0.05) is 62.5 Å². The van der Waals surface area contributed by atoms with Crippen molar-refractivity contribution in [3.63, 3.8) is 0 Å². The average molecular weight is 729 g/mol. The Labute approximate surface area is 308 Å². The fourth-order valence-corrected chi connectivity index (χ4v) is 6.57. The number of rotatable bonds is 0. The third kappa shape index (κ3) is 6.25. The van der Waals surface area contributed by atoms with Crippen LogP contribution in [0.25, 0.3) is 69.2 Å². The van der Waals surface area contributed by atoms with Crippen molar-refractivity contribution >= 4 is 69.2 Å². The summed E-state index contributed by atoms with van der Waals surface area (Å²) in [5.74, 6) is 0.914. The zero-order valence-electron chi connectivity index (χ0n) is 30.4.